The Morgan fingerprint density at radius 2 is 2.05 bits per heavy atom. The van der Waals surface area contributed by atoms with Crippen LogP contribution in [0.2, 0.25) is 5.02 Å². The Bertz CT molecular complexity index is 722. The summed E-state index contributed by atoms with van der Waals surface area (Å²) in [7, 11) is 0. The van der Waals surface area contributed by atoms with Crippen molar-refractivity contribution in [1.29, 1.82) is 5.26 Å². The molecular formula is C17H16ClN3O. The second-order valence-electron chi connectivity index (χ2n) is 4.85. The molecule has 0 bridgehead atoms. The lowest BCUT2D eigenvalue weighted by atomic mass is 10.2. The Morgan fingerprint density at radius 1 is 1.27 bits per heavy atom. The average Bonchev–Trinajstić information content (AvgIpc) is 2.51. The van der Waals surface area contributed by atoms with Gasteiger partial charge in [-0.3, -0.25) is 4.79 Å². The summed E-state index contributed by atoms with van der Waals surface area (Å²) in [6.45, 7) is 2.42. The average molecular weight is 314 g/mol. The summed E-state index contributed by atoms with van der Waals surface area (Å²) in [6.07, 6.45) is 0.297. The monoisotopic (exact) mass is 313 g/mol. The second-order valence-corrected chi connectivity index (χ2v) is 5.25. The van der Waals surface area contributed by atoms with Gasteiger partial charge >= 0.3 is 0 Å². The first-order chi connectivity index (χ1) is 10.6. The van der Waals surface area contributed by atoms with Gasteiger partial charge < -0.3 is 10.6 Å². The number of hydrogen-bond donors (Lipinski definition) is 2. The minimum absolute atomic E-state index is 0.145. The molecule has 112 valence electrons. The molecule has 2 aromatic rings. The third kappa shape index (κ3) is 4.24. The van der Waals surface area contributed by atoms with Crippen LogP contribution in [0.1, 0.15) is 17.5 Å². The van der Waals surface area contributed by atoms with Crippen LogP contribution in [0.15, 0.2) is 42.5 Å². The maximum absolute atomic E-state index is 11.9. The van der Waals surface area contributed by atoms with E-state index in [2.05, 4.69) is 10.6 Å². The minimum atomic E-state index is -0.145. The number of carbonyl (C=O) groups is 1. The standard InChI is InChI=1S/C17H16ClN3O/c1-12-6-7-14(10-15(12)18)20-9-8-17(22)21-16-5-3-2-4-13(16)11-19/h2-7,10,20H,8-9H2,1H3,(H,21,22). The topological polar surface area (TPSA) is 64.9 Å². The summed E-state index contributed by atoms with van der Waals surface area (Å²) in [5.74, 6) is -0.145. The fraction of sp³-hybridized carbons (Fsp3) is 0.176. The molecule has 2 rings (SSSR count). The Balaban J connectivity index is 1.85. The van der Waals surface area contributed by atoms with Gasteiger partial charge in [0.2, 0.25) is 5.91 Å². The third-order valence-electron chi connectivity index (χ3n) is 3.17. The number of para-hydroxylation sites is 1. The van der Waals surface area contributed by atoms with Gasteiger partial charge in [0.25, 0.3) is 0 Å². The van der Waals surface area contributed by atoms with E-state index in [4.69, 9.17) is 16.9 Å². The molecule has 0 saturated carbocycles. The lowest BCUT2D eigenvalue weighted by molar-refractivity contribution is -0.115. The van der Waals surface area contributed by atoms with Gasteiger partial charge in [-0.1, -0.05) is 29.8 Å². The summed E-state index contributed by atoms with van der Waals surface area (Å²) >= 11 is 6.05. The van der Waals surface area contributed by atoms with E-state index >= 15 is 0 Å². The number of amides is 1. The molecule has 0 radical (unpaired) electrons. The largest absolute Gasteiger partial charge is 0.384 e. The van der Waals surface area contributed by atoms with Crippen LogP contribution < -0.4 is 10.6 Å². The molecule has 0 saturated heterocycles. The van der Waals surface area contributed by atoms with Crippen molar-refractivity contribution in [3.8, 4) is 6.07 Å². The zero-order chi connectivity index (χ0) is 15.9. The zero-order valence-corrected chi connectivity index (χ0v) is 12.9. The van der Waals surface area contributed by atoms with Crippen LogP contribution in [0.5, 0.6) is 0 Å². The molecule has 0 atom stereocenters. The predicted octanol–water partition coefficient (Wildman–Crippen LogP) is 3.96. The van der Waals surface area contributed by atoms with Crippen LogP contribution in [-0.4, -0.2) is 12.5 Å². The molecule has 4 nitrogen and oxygen atoms in total. The number of nitrogens with one attached hydrogen (secondary N) is 2. The van der Waals surface area contributed by atoms with E-state index in [-0.39, 0.29) is 5.91 Å². The molecule has 5 heteroatoms. The number of benzene rings is 2. The van der Waals surface area contributed by atoms with Crippen molar-refractivity contribution >= 4 is 28.9 Å². The van der Waals surface area contributed by atoms with Gasteiger partial charge in [0, 0.05) is 23.7 Å². The number of aryl methyl sites for hydroxylation is 1. The van der Waals surface area contributed by atoms with E-state index in [1.54, 1.807) is 24.3 Å². The fourth-order valence-electron chi connectivity index (χ4n) is 1.93. The normalized spacial score (nSPS) is 9.86. The molecule has 0 aliphatic rings. The van der Waals surface area contributed by atoms with Crippen molar-refractivity contribution < 1.29 is 4.79 Å². The highest BCUT2D eigenvalue weighted by molar-refractivity contribution is 6.31. The van der Waals surface area contributed by atoms with Crippen molar-refractivity contribution in [3.05, 3.63) is 58.6 Å². The first-order valence-corrected chi connectivity index (χ1v) is 7.27. The molecule has 0 heterocycles. The number of hydrogen-bond acceptors (Lipinski definition) is 3. The summed E-state index contributed by atoms with van der Waals surface area (Å²) in [5.41, 5.74) is 2.88. The van der Waals surface area contributed by atoms with Gasteiger partial charge in [0.15, 0.2) is 0 Å². The highest BCUT2D eigenvalue weighted by atomic mass is 35.5. The number of rotatable bonds is 5. The van der Waals surface area contributed by atoms with E-state index in [1.165, 1.54) is 0 Å². The van der Waals surface area contributed by atoms with Gasteiger partial charge in [-0.2, -0.15) is 5.26 Å². The van der Waals surface area contributed by atoms with Crippen LogP contribution >= 0.6 is 11.6 Å². The molecule has 0 aromatic heterocycles. The SMILES string of the molecule is Cc1ccc(NCCC(=O)Nc2ccccc2C#N)cc1Cl. The molecule has 0 spiro atoms. The van der Waals surface area contributed by atoms with Crippen LogP contribution in [0.3, 0.4) is 0 Å². The summed E-state index contributed by atoms with van der Waals surface area (Å²) < 4.78 is 0. The Hall–Kier alpha value is -2.51. The fourth-order valence-corrected chi connectivity index (χ4v) is 2.11. The smallest absolute Gasteiger partial charge is 0.226 e. The zero-order valence-electron chi connectivity index (χ0n) is 12.2. The highest BCUT2D eigenvalue weighted by Crippen LogP contribution is 2.20. The van der Waals surface area contributed by atoms with E-state index in [0.717, 1.165) is 11.3 Å². The molecular weight excluding hydrogens is 298 g/mol. The first kappa shape index (κ1) is 15.9. The summed E-state index contributed by atoms with van der Waals surface area (Å²) in [6, 6.07) is 14.7. The molecule has 1 amide bonds. The maximum Gasteiger partial charge on any atom is 0.226 e. The van der Waals surface area contributed by atoms with Gasteiger partial charge in [-0.25, -0.2) is 0 Å². The molecule has 22 heavy (non-hydrogen) atoms. The first-order valence-electron chi connectivity index (χ1n) is 6.89. The Labute approximate surface area is 134 Å². The maximum atomic E-state index is 11.9. The Morgan fingerprint density at radius 3 is 2.77 bits per heavy atom. The molecule has 0 aliphatic carbocycles. The number of carbonyl (C=O) groups excluding carboxylic acids is 1. The van der Waals surface area contributed by atoms with Gasteiger partial charge in [-0.05, 0) is 36.8 Å². The van der Waals surface area contributed by atoms with Crippen molar-refractivity contribution in [2.24, 2.45) is 0 Å². The lowest BCUT2D eigenvalue weighted by Crippen LogP contribution is -2.16. The van der Waals surface area contributed by atoms with Gasteiger partial charge in [0.1, 0.15) is 6.07 Å². The van der Waals surface area contributed by atoms with Crippen molar-refractivity contribution in [3.63, 3.8) is 0 Å². The van der Waals surface area contributed by atoms with E-state index in [9.17, 15) is 4.79 Å². The number of nitrogens with zero attached hydrogens (tertiary/aromatic N) is 1. The van der Waals surface area contributed by atoms with Crippen LogP contribution in [0.4, 0.5) is 11.4 Å². The van der Waals surface area contributed by atoms with E-state index in [0.29, 0.717) is 29.2 Å². The van der Waals surface area contributed by atoms with E-state index < -0.39 is 0 Å². The molecule has 0 aliphatic heterocycles. The van der Waals surface area contributed by atoms with Crippen LogP contribution in [-0.2, 0) is 4.79 Å². The van der Waals surface area contributed by atoms with Crippen molar-refractivity contribution in [2.45, 2.75) is 13.3 Å². The molecule has 0 fully saturated rings. The highest BCUT2D eigenvalue weighted by Gasteiger charge is 2.06. The van der Waals surface area contributed by atoms with Crippen molar-refractivity contribution in [1.82, 2.24) is 0 Å². The second kappa shape index (κ2) is 7.48. The lowest BCUT2D eigenvalue weighted by Gasteiger charge is -2.09. The quantitative estimate of drug-likeness (QED) is 0.878. The number of halogens is 1. The molecule has 2 N–H and O–H groups in total. The van der Waals surface area contributed by atoms with E-state index in [1.807, 2.05) is 31.2 Å². The van der Waals surface area contributed by atoms with Crippen LogP contribution in [0.25, 0.3) is 0 Å². The molecule has 2 aromatic carbocycles. The minimum Gasteiger partial charge on any atom is -0.384 e. The molecule has 0 unspecified atom stereocenters. The van der Waals surface area contributed by atoms with Gasteiger partial charge in [-0.15, -0.1) is 0 Å². The van der Waals surface area contributed by atoms with Crippen molar-refractivity contribution in [2.75, 3.05) is 17.2 Å². The summed E-state index contributed by atoms with van der Waals surface area (Å²) in [5, 5.41) is 15.6. The van der Waals surface area contributed by atoms with Gasteiger partial charge in [0.05, 0.1) is 11.3 Å². The number of anilines is 2. The van der Waals surface area contributed by atoms with Crippen LogP contribution in [0, 0.1) is 18.3 Å². The predicted molar refractivity (Wildman–Crippen MR) is 89.1 cm³/mol. The Kier molecular flexibility index (Phi) is 5.40. The third-order valence-corrected chi connectivity index (χ3v) is 3.58. The summed E-state index contributed by atoms with van der Waals surface area (Å²) in [4.78, 5) is 11.9. The number of nitriles is 1.